The Balaban J connectivity index is 1.83. The van der Waals surface area contributed by atoms with Gasteiger partial charge in [-0.3, -0.25) is 0 Å². The van der Waals surface area contributed by atoms with E-state index < -0.39 is 6.10 Å². The second kappa shape index (κ2) is 10.3. The van der Waals surface area contributed by atoms with Crippen LogP contribution in [0.2, 0.25) is 0 Å². The number of rotatable bonds is 10. The van der Waals surface area contributed by atoms with Gasteiger partial charge in [0.1, 0.15) is 6.61 Å². The smallest absolute Gasteiger partial charge is 0.206 e. The fraction of sp³-hybridized carbons (Fsp3) is 0.412. The van der Waals surface area contributed by atoms with Crippen molar-refractivity contribution in [3.63, 3.8) is 0 Å². The molecule has 0 aliphatic carbocycles. The third kappa shape index (κ3) is 6.22. The molecule has 1 heterocycles. The van der Waals surface area contributed by atoms with Crippen molar-refractivity contribution >= 4 is 34.3 Å². The van der Waals surface area contributed by atoms with Gasteiger partial charge in [0.05, 0.1) is 13.2 Å². The molecule has 0 spiro atoms. The highest BCUT2D eigenvalue weighted by atomic mass is 32.2. The molecule has 0 aliphatic heterocycles. The van der Waals surface area contributed by atoms with Crippen molar-refractivity contribution in [2.24, 2.45) is 0 Å². The Morgan fingerprint density at radius 1 is 1.36 bits per heavy atom. The normalized spacial score (nSPS) is 12.3. The van der Waals surface area contributed by atoms with E-state index in [-0.39, 0.29) is 6.61 Å². The van der Waals surface area contributed by atoms with Gasteiger partial charge in [-0.25, -0.2) is 0 Å². The van der Waals surface area contributed by atoms with E-state index in [4.69, 9.17) is 9.47 Å². The Morgan fingerprint density at radius 3 is 2.92 bits per heavy atom. The van der Waals surface area contributed by atoms with Crippen molar-refractivity contribution in [3.05, 3.63) is 29.8 Å². The van der Waals surface area contributed by atoms with Crippen LogP contribution >= 0.6 is 23.1 Å². The van der Waals surface area contributed by atoms with Crippen LogP contribution in [0.4, 0.5) is 5.13 Å². The van der Waals surface area contributed by atoms with Crippen molar-refractivity contribution in [3.8, 4) is 11.5 Å². The summed E-state index contributed by atoms with van der Waals surface area (Å²) in [6.07, 6.45) is 3.34. The average Bonchev–Trinajstić information content (AvgIpc) is 3.07. The number of aliphatic hydroxyl groups excluding tert-OH is 1. The van der Waals surface area contributed by atoms with Crippen LogP contribution in [0.15, 0.2) is 28.6 Å². The first-order chi connectivity index (χ1) is 12.2. The number of benzene rings is 1. The maximum absolute atomic E-state index is 10.1. The largest absolute Gasteiger partial charge is 0.493 e. The Morgan fingerprint density at radius 2 is 2.20 bits per heavy atom. The molecular formula is C17H23N3O3S2. The Bertz CT molecular complexity index is 692. The second-order valence-corrected chi connectivity index (χ2v) is 7.33. The Labute approximate surface area is 156 Å². The molecule has 2 rings (SSSR count). The number of allylic oxidation sites excluding steroid dienone is 1. The van der Waals surface area contributed by atoms with Gasteiger partial charge in [0.15, 0.2) is 15.8 Å². The highest BCUT2D eigenvalue weighted by Crippen LogP contribution is 2.29. The number of nitrogens with one attached hydrogen (secondary N) is 1. The lowest BCUT2D eigenvalue weighted by molar-refractivity contribution is 0.124. The van der Waals surface area contributed by atoms with Crippen LogP contribution in [0.25, 0.3) is 6.08 Å². The van der Waals surface area contributed by atoms with Crippen molar-refractivity contribution in [2.45, 2.75) is 24.3 Å². The van der Waals surface area contributed by atoms with E-state index >= 15 is 0 Å². The standard InChI is InChI=1S/C17H23N3O3S2/c1-4-6-12-7-8-14(15(9-12)22-3)23-10-13(21)11-24-17-20-19-16(25-17)18-5-2/h4,6-9,13,21H,5,10-11H2,1-3H3,(H,18,19). The molecule has 0 radical (unpaired) electrons. The summed E-state index contributed by atoms with van der Waals surface area (Å²) in [5, 5.41) is 22.1. The molecular weight excluding hydrogens is 358 g/mol. The van der Waals surface area contributed by atoms with Gasteiger partial charge in [0, 0.05) is 12.3 Å². The first kappa shape index (κ1) is 19.6. The lowest BCUT2D eigenvalue weighted by atomic mass is 10.2. The molecule has 0 bridgehead atoms. The zero-order valence-corrected chi connectivity index (χ0v) is 16.2. The molecule has 1 aromatic carbocycles. The SMILES string of the molecule is CC=Cc1ccc(OCC(O)CSc2nnc(NCC)s2)c(OC)c1. The molecule has 1 aromatic heterocycles. The zero-order chi connectivity index (χ0) is 18.1. The molecule has 1 atom stereocenters. The maximum Gasteiger partial charge on any atom is 0.206 e. The van der Waals surface area contributed by atoms with Gasteiger partial charge in [-0.1, -0.05) is 41.3 Å². The Kier molecular flexibility index (Phi) is 8.03. The van der Waals surface area contributed by atoms with E-state index in [0.29, 0.717) is 17.3 Å². The van der Waals surface area contributed by atoms with Gasteiger partial charge in [-0.2, -0.15) is 0 Å². The van der Waals surface area contributed by atoms with Gasteiger partial charge in [-0.05, 0) is 31.5 Å². The van der Waals surface area contributed by atoms with E-state index in [1.165, 1.54) is 23.1 Å². The fourth-order valence-electron chi connectivity index (χ4n) is 1.99. The molecule has 0 saturated heterocycles. The molecule has 6 nitrogen and oxygen atoms in total. The van der Waals surface area contributed by atoms with Crippen molar-refractivity contribution < 1.29 is 14.6 Å². The summed E-state index contributed by atoms with van der Waals surface area (Å²) >= 11 is 2.94. The molecule has 25 heavy (non-hydrogen) atoms. The average molecular weight is 382 g/mol. The van der Waals surface area contributed by atoms with Crippen molar-refractivity contribution in [2.75, 3.05) is 31.3 Å². The molecule has 1 unspecified atom stereocenters. The quantitative estimate of drug-likeness (QED) is 0.610. The van der Waals surface area contributed by atoms with E-state index in [2.05, 4.69) is 15.5 Å². The molecule has 136 valence electrons. The molecule has 2 aromatic rings. The van der Waals surface area contributed by atoms with Gasteiger partial charge in [0.25, 0.3) is 0 Å². The highest BCUT2D eigenvalue weighted by molar-refractivity contribution is 8.01. The van der Waals surface area contributed by atoms with Gasteiger partial charge in [0.2, 0.25) is 5.13 Å². The van der Waals surface area contributed by atoms with Crippen molar-refractivity contribution in [1.29, 1.82) is 0 Å². The van der Waals surface area contributed by atoms with E-state index in [1.807, 2.05) is 44.2 Å². The summed E-state index contributed by atoms with van der Waals surface area (Å²) < 4.78 is 11.9. The monoisotopic (exact) mass is 381 g/mol. The van der Waals surface area contributed by atoms with Crippen LogP contribution in [0.5, 0.6) is 11.5 Å². The van der Waals surface area contributed by atoms with Crippen LogP contribution in [-0.4, -0.2) is 47.4 Å². The third-order valence-electron chi connectivity index (χ3n) is 3.11. The number of hydrogen-bond acceptors (Lipinski definition) is 8. The fourth-order valence-corrected chi connectivity index (χ4v) is 3.74. The van der Waals surface area contributed by atoms with Crippen LogP contribution in [-0.2, 0) is 0 Å². The number of aromatic nitrogens is 2. The maximum atomic E-state index is 10.1. The predicted molar refractivity (Wildman–Crippen MR) is 104 cm³/mol. The number of anilines is 1. The molecule has 0 fully saturated rings. The molecule has 0 aliphatic rings. The summed E-state index contributed by atoms with van der Waals surface area (Å²) in [4.78, 5) is 0. The Hall–Kier alpha value is -1.77. The minimum Gasteiger partial charge on any atom is -0.493 e. The number of thioether (sulfide) groups is 1. The van der Waals surface area contributed by atoms with Crippen LogP contribution in [0, 0.1) is 0 Å². The van der Waals surface area contributed by atoms with Gasteiger partial charge in [-0.15, -0.1) is 10.2 Å². The summed E-state index contributed by atoms with van der Waals surface area (Å²) in [6, 6.07) is 5.70. The summed E-state index contributed by atoms with van der Waals surface area (Å²) in [5.41, 5.74) is 1.04. The molecule has 0 amide bonds. The number of nitrogens with zero attached hydrogens (tertiary/aromatic N) is 2. The zero-order valence-electron chi connectivity index (χ0n) is 14.6. The summed E-state index contributed by atoms with van der Waals surface area (Å²) in [6.45, 7) is 4.97. The van der Waals surface area contributed by atoms with Crippen LogP contribution in [0.1, 0.15) is 19.4 Å². The number of hydrogen-bond donors (Lipinski definition) is 2. The van der Waals surface area contributed by atoms with Crippen LogP contribution < -0.4 is 14.8 Å². The van der Waals surface area contributed by atoms with E-state index in [9.17, 15) is 5.11 Å². The lowest BCUT2D eigenvalue weighted by Crippen LogP contribution is -2.20. The van der Waals surface area contributed by atoms with E-state index in [1.54, 1.807) is 7.11 Å². The minimum absolute atomic E-state index is 0.186. The van der Waals surface area contributed by atoms with Gasteiger partial charge >= 0.3 is 0 Å². The molecule has 0 saturated carbocycles. The summed E-state index contributed by atoms with van der Waals surface area (Å²) in [5.74, 6) is 1.75. The number of methoxy groups -OCH3 is 1. The third-order valence-corrected chi connectivity index (χ3v) is 5.27. The topological polar surface area (TPSA) is 76.5 Å². The first-order valence-corrected chi connectivity index (χ1v) is 9.78. The first-order valence-electron chi connectivity index (χ1n) is 7.98. The second-order valence-electron chi connectivity index (χ2n) is 5.09. The number of aliphatic hydroxyl groups is 1. The molecule has 2 N–H and O–H groups in total. The van der Waals surface area contributed by atoms with Crippen LogP contribution in [0.3, 0.4) is 0 Å². The molecule has 8 heteroatoms. The van der Waals surface area contributed by atoms with Gasteiger partial charge < -0.3 is 19.9 Å². The highest BCUT2D eigenvalue weighted by Gasteiger charge is 2.12. The van der Waals surface area contributed by atoms with Crippen molar-refractivity contribution in [1.82, 2.24) is 10.2 Å². The van der Waals surface area contributed by atoms with E-state index in [0.717, 1.165) is 21.6 Å². The summed E-state index contributed by atoms with van der Waals surface area (Å²) in [7, 11) is 1.60. The number of ether oxygens (including phenoxy) is 2. The predicted octanol–water partition coefficient (Wildman–Crippen LogP) is 3.54. The minimum atomic E-state index is -0.614. The lowest BCUT2D eigenvalue weighted by Gasteiger charge is -2.14.